The first-order valence-electron chi connectivity index (χ1n) is 0. The maximum Gasteiger partial charge on any atom is -0.147 e. The molecule has 1 atom stereocenters. The predicted molar refractivity (Wildman–Crippen MR) is 42.6 cm³/mol. The van der Waals surface area contributed by atoms with Gasteiger partial charge in [-0.2, -0.15) is 9.90 Å². The van der Waals surface area contributed by atoms with E-state index in [9.17, 15) is 0 Å². The van der Waals surface area contributed by atoms with E-state index in [0.29, 0.717) is 0 Å². The summed E-state index contributed by atoms with van der Waals surface area (Å²) in [6.07, 6.45) is 0. The second-order valence-corrected chi connectivity index (χ2v) is 0. The predicted octanol–water partition coefficient (Wildman–Crippen LogP) is 1.90. The van der Waals surface area contributed by atoms with Crippen molar-refractivity contribution in [2.24, 2.45) is 0 Å². The lowest BCUT2D eigenvalue weighted by molar-refractivity contribution is 1.11. The van der Waals surface area contributed by atoms with Gasteiger partial charge < -0.3 is 0 Å². The van der Waals surface area contributed by atoms with Crippen molar-refractivity contribution in [3.63, 3.8) is 0 Å². The Bertz CT molecular complexity index is 7.51. The van der Waals surface area contributed by atoms with Crippen molar-refractivity contribution in [3.05, 3.63) is 0 Å². The maximum absolute atomic E-state index is 0. The van der Waals surface area contributed by atoms with E-state index in [4.69, 9.17) is 0 Å². The van der Waals surface area contributed by atoms with Gasteiger partial charge in [0.05, 0.1) is 0 Å². The van der Waals surface area contributed by atoms with E-state index in [0.717, 1.165) is 0 Å². The fourth-order valence-electron chi connectivity index (χ4n) is 0. The molecule has 0 aromatic carbocycles. The zero-order valence-electron chi connectivity index (χ0n) is 2.75. The van der Waals surface area contributed by atoms with E-state index in [1.165, 1.54) is 0 Å². The molecule has 0 aromatic rings. The average Bonchev–Trinajstić information content (AvgIpc) is 0. The highest BCUT2D eigenvalue weighted by Gasteiger charge is -0.143. The van der Waals surface area contributed by atoms with E-state index in [2.05, 4.69) is 0 Å². The van der Waals surface area contributed by atoms with Crippen LogP contribution in [0.4, 0.5) is 4.70 Å². The van der Waals surface area contributed by atoms with Crippen molar-refractivity contribution in [2.75, 3.05) is 0 Å². The molecule has 0 rings (SSSR count). The average molecular weight is 200 g/mol. The third kappa shape index (κ3) is 48.8. The van der Waals surface area contributed by atoms with E-state index >= 15 is 0 Å². The molecule has 0 aliphatic carbocycles. The quantitative estimate of drug-likeness (QED) is 0.523. The summed E-state index contributed by atoms with van der Waals surface area (Å²) >= 11 is 0. The van der Waals surface area contributed by atoms with Gasteiger partial charge in [-0.05, 0) is 0 Å². The molecule has 0 spiro atoms. The summed E-state index contributed by atoms with van der Waals surface area (Å²) in [5, 5.41) is 0. The first-order valence-corrected chi connectivity index (χ1v) is 0. The molecule has 0 fully saturated rings. The summed E-state index contributed by atoms with van der Waals surface area (Å²) in [4.78, 5) is 0. The van der Waals surface area contributed by atoms with Crippen molar-refractivity contribution in [1.82, 2.24) is 0 Å². The Kier molecular flexibility index (Phi) is 1980. The van der Waals surface area contributed by atoms with Gasteiger partial charge in [-0.3, -0.25) is 4.70 Å². The van der Waals surface area contributed by atoms with Crippen LogP contribution in [0.15, 0.2) is 0 Å². The smallest absolute Gasteiger partial charge is 0.147 e. The van der Waals surface area contributed by atoms with Gasteiger partial charge in [0, 0.05) is 0 Å². The second kappa shape index (κ2) is 86.0. The SMILES string of the molecule is Cl.Cl.Cl.Cl.F.P. The Hall–Kier alpha value is 1.52. The van der Waals surface area contributed by atoms with E-state index in [1.54, 1.807) is 0 Å². The molecule has 0 aliphatic heterocycles. The molecule has 0 bridgehead atoms. The van der Waals surface area contributed by atoms with Crippen LogP contribution in [0, 0.1) is 0 Å². The first kappa shape index (κ1) is 138. The molecule has 0 radical (unpaired) electrons. The van der Waals surface area contributed by atoms with E-state index in [-0.39, 0.29) is 64.2 Å². The number of halogens is 5. The summed E-state index contributed by atoms with van der Waals surface area (Å²) in [5.41, 5.74) is 0. The highest BCUT2D eigenvalue weighted by molar-refractivity contribution is 6.92. The highest BCUT2D eigenvalue weighted by Crippen LogP contribution is 0.861. The van der Waals surface area contributed by atoms with Crippen LogP contribution in [0.1, 0.15) is 0 Å². The zero-order valence-corrected chi connectivity index (χ0v) is 7.43. The van der Waals surface area contributed by atoms with Crippen LogP contribution in [0.5, 0.6) is 0 Å². The Morgan fingerprint density at radius 3 is 0.500 bits per heavy atom. The molecular weight excluding hydrogens is 192 g/mol. The third-order valence-corrected chi connectivity index (χ3v) is 0. The Morgan fingerprint density at radius 1 is 0.500 bits per heavy atom. The topological polar surface area (TPSA) is 0 Å². The highest BCUT2D eigenvalue weighted by atomic mass is 35.5. The summed E-state index contributed by atoms with van der Waals surface area (Å²) in [6.45, 7) is 0. The number of hydrogen-bond donors (Lipinski definition) is 0. The number of rotatable bonds is 0. The molecule has 0 saturated carbocycles. The van der Waals surface area contributed by atoms with Crippen LogP contribution in [0.3, 0.4) is 0 Å². The molecular formula is H8Cl4FP. The van der Waals surface area contributed by atoms with Crippen LogP contribution >= 0.6 is 59.5 Å². The third-order valence-electron chi connectivity index (χ3n) is 0. The lowest BCUT2D eigenvalue weighted by Gasteiger charge is -0.269. The van der Waals surface area contributed by atoms with Crippen molar-refractivity contribution < 1.29 is 4.70 Å². The molecule has 0 nitrogen and oxygen atoms in total. The van der Waals surface area contributed by atoms with Crippen molar-refractivity contribution in [1.29, 1.82) is 0 Å². The van der Waals surface area contributed by atoms with Crippen molar-refractivity contribution in [2.45, 2.75) is 0 Å². The molecule has 48 valence electrons. The lowest BCUT2D eigenvalue weighted by Crippen LogP contribution is 0.420. The molecule has 1 unspecified atom stereocenters. The Morgan fingerprint density at radius 2 is 0.500 bits per heavy atom. The minimum Gasteiger partial charge on any atom is -0.269 e. The molecule has 0 saturated heterocycles. The van der Waals surface area contributed by atoms with Crippen LogP contribution < -0.4 is 0 Å². The molecule has 0 aromatic heterocycles. The van der Waals surface area contributed by atoms with Crippen LogP contribution in [0.2, 0.25) is 0 Å². The molecule has 0 N–H and O–H groups in total. The fraction of sp³-hybridized carbons (Fsp3) is 0. The van der Waals surface area contributed by atoms with Crippen LogP contribution in [-0.4, -0.2) is 0 Å². The number of hydrogen-bond acceptors (Lipinski definition) is 0. The fourth-order valence-corrected chi connectivity index (χ4v) is 0. The first-order chi connectivity index (χ1) is 0. The molecule has 0 aliphatic rings. The van der Waals surface area contributed by atoms with Gasteiger partial charge in [0.2, 0.25) is 0 Å². The minimum absolute atomic E-state index is 0. The lowest BCUT2D eigenvalue weighted by atomic mass is 19.0. The van der Waals surface area contributed by atoms with Crippen molar-refractivity contribution >= 4 is 59.5 Å². The largest absolute Gasteiger partial charge is 0.269 e. The Balaban J connectivity index is 0. The van der Waals surface area contributed by atoms with Crippen LogP contribution in [-0.2, 0) is 0 Å². The van der Waals surface area contributed by atoms with Gasteiger partial charge >= 0.3 is 0 Å². The van der Waals surface area contributed by atoms with Gasteiger partial charge in [-0.1, -0.05) is 0 Å². The van der Waals surface area contributed by atoms with Crippen molar-refractivity contribution in [3.8, 4) is 0 Å². The van der Waals surface area contributed by atoms with Gasteiger partial charge in [0.25, 0.3) is 0 Å². The molecule has 6 heavy (non-hydrogen) atoms. The summed E-state index contributed by atoms with van der Waals surface area (Å²) in [6, 6.07) is 0. The van der Waals surface area contributed by atoms with Gasteiger partial charge in [0.15, 0.2) is 0 Å². The summed E-state index contributed by atoms with van der Waals surface area (Å²) in [5.74, 6) is 0. The Labute approximate surface area is 64.5 Å². The second-order valence-electron chi connectivity index (χ2n) is 0. The van der Waals surface area contributed by atoms with Gasteiger partial charge in [-0.25, -0.2) is 0 Å². The summed E-state index contributed by atoms with van der Waals surface area (Å²) in [7, 11) is 0. The molecule has 6 heteroatoms. The standard InChI is InChI=1S/4ClH.FH.H3P/h5*1H;1H3. The monoisotopic (exact) mass is 198 g/mol. The normalized spacial score (nSPS) is 0. The maximum atomic E-state index is 0. The minimum atomic E-state index is 0. The molecule has 0 heterocycles. The van der Waals surface area contributed by atoms with E-state index < -0.39 is 0 Å². The van der Waals surface area contributed by atoms with Gasteiger partial charge in [-0.15, -0.1) is 49.6 Å². The van der Waals surface area contributed by atoms with E-state index in [1.807, 2.05) is 0 Å². The summed E-state index contributed by atoms with van der Waals surface area (Å²) < 4.78 is 0. The van der Waals surface area contributed by atoms with Gasteiger partial charge in [0.1, 0.15) is 0 Å². The van der Waals surface area contributed by atoms with Crippen LogP contribution in [0.25, 0.3) is 0 Å². The molecule has 0 amide bonds. The zero-order chi connectivity index (χ0) is 0.